The Morgan fingerprint density at radius 1 is 1.06 bits per heavy atom. The van der Waals surface area contributed by atoms with Crippen LogP contribution in [0.15, 0.2) is 57.9 Å². The fraction of sp³-hybridized carbons (Fsp3) is 0.391. The van der Waals surface area contributed by atoms with Gasteiger partial charge in [-0.1, -0.05) is 45.8 Å². The summed E-state index contributed by atoms with van der Waals surface area (Å²) in [7, 11) is -2.49. The first kappa shape index (κ1) is 26.0. The molecule has 2 rings (SSSR count). The van der Waals surface area contributed by atoms with E-state index in [1.165, 1.54) is 24.1 Å². The molecule has 1 N–H and O–H groups in total. The number of sulfonamides is 1. The third kappa shape index (κ3) is 6.88. The molecule has 0 aliphatic heterocycles. The van der Waals surface area contributed by atoms with E-state index in [1.807, 2.05) is 45.0 Å². The van der Waals surface area contributed by atoms with Gasteiger partial charge in [-0.05, 0) is 57.5 Å². The summed E-state index contributed by atoms with van der Waals surface area (Å²) in [5, 5.41) is 2.82. The van der Waals surface area contributed by atoms with E-state index < -0.39 is 22.0 Å². The molecule has 0 heterocycles. The average molecular weight is 524 g/mol. The molecular weight excluding hydrogens is 494 g/mol. The Bertz CT molecular complexity index is 1060. The van der Waals surface area contributed by atoms with Crippen molar-refractivity contribution in [2.24, 2.45) is 0 Å². The Hall–Kier alpha value is -2.23. The van der Waals surface area contributed by atoms with Crippen LogP contribution >= 0.6 is 15.9 Å². The summed E-state index contributed by atoms with van der Waals surface area (Å²) in [4.78, 5) is 27.4. The van der Waals surface area contributed by atoms with Gasteiger partial charge in [-0.25, -0.2) is 8.42 Å². The molecule has 1 atom stereocenters. The minimum absolute atomic E-state index is 0.0858. The first-order valence-corrected chi connectivity index (χ1v) is 12.5. The van der Waals surface area contributed by atoms with Crippen molar-refractivity contribution in [1.82, 2.24) is 14.5 Å². The number of likely N-dealkylation sites (N-methyl/N-ethyl adjacent to an activating group) is 1. The van der Waals surface area contributed by atoms with Gasteiger partial charge < -0.3 is 10.2 Å². The molecule has 0 saturated heterocycles. The van der Waals surface area contributed by atoms with Gasteiger partial charge in [0.25, 0.3) is 0 Å². The predicted octanol–water partition coefficient (Wildman–Crippen LogP) is 3.32. The number of rotatable bonds is 9. The molecule has 0 aromatic heterocycles. The Kier molecular flexibility index (Phi) is 9.00. The molecule has 0 aliphatic carbocycles. The summed E-state index contributed by atoms with van der Waals surface area (Å²) >= 11 is 3.41. The number of halogens is 1. The highest BCUT2D eigenvalue weighted by Crippen LogP contribution is 2.18. The zero-order valence-electron chi connectivity index (χ0n) is 19.0. The fourth-order valence-electron chi connectivity index (χ4n) is 3.08. The van der Waals surface area contributed by atoms with E-state index in [9.17, 15) is 18.0 Å². The Labute approximate surface area is 199 Å². The summed E-state index contributed by atoms with van der Waals surface area (Å²) in [6, 6.07) is 13.0. The van der Waals surface area contributed by atoms with Crippen LogP contribution in [0, 0.1) is 6.92 Å². The van der Waals surface area contributed by atoms with Crippen molar-refractivity contribution in [2.45, 2.75) is 51.2 Å². The van der Waals surface area contributed by atoms with Gasteiger partial charge in [0.2, 0.25) is 21.8 Å². The normalized spacial score (nSPS) is 12.6. The maximum absolute atomic E-state index is 13.2. The largest absolute Gasteiger partial charge is 0.352 e. The maximum atomic E-state index is 13.2. The maximum Gasteiger partial charge on any atom is 0.243 e. The van der Waals surface area contributed by atoms with Crippen LogP contribution in [0.2, 0.25) is 0 Å². The lowest BCUT2D eigenvalue weighted by molar-refractivity contribution is -0.140. The lowest BCUT2D eigenvalue weighted by Crippen LogP contribution is -2.51. The highest BCUT2D eigenvalue weighted by Gasteiger charge is 2.30. The van der Waals surface area contributed by atoms with Crippen molar-refractivity contribution in [3.05, 3.63) is 64.1 Å². The predicted molar refractivity (Wildman–Crippen MR) is 128 cm³/mol. The summed E-state index contributed by atoms with van der Waals surface area (Å²) < 4.78 is 27.7. The van der Waals surface area contributed by atoms with Gasteiger partial charge in [-0.2, -0.15) is 4.31 Å². The Morgan fingerprint density at radius 3 is 2.25 bits per heavy atom. The number of aryl methyl sites for hydroxylation is 1. The second-order valence-corrected chi connectivity index (χ2v) is 11.0. The number of nitrogens with zero attached hydrogens (tertiary/aromatic N) is 2. The third-order valence-corrected chi connectivity index (χ3v) is 7.24. The van der Waals surface area contributed by atoms with Crippen LogP contribution in [0.25, 0.3) is 0 Å². The number of carbonyl (C=O) groups is 2. The number of hydrogen-bond acceptors (Lipinski definition) is 4. The summed E-state index contributed by atoms with van der Waals surface area (Å²) in [5.74, 6) is -0.762. The van der Waals surface area contributed by atoms with Crippen molar-refractivity contribution < 1.29 is 18.0 Å². The molecule has 0 spiro atoms. The van der Waals surface area contributed by atoms with Gasteiger partial charge in [-0.15, -0.1) is 0 Å². The van der Waals surface area contributed by atoms with Gasteiger partial charge in [0.1, 0.15) is 6.04 Å². The first-order chi connectivity index (χ1) is 14.9. The standard InChI is InChI=1S/C23H30BrN3O4S/c1-16(2)25-23(29)18(4)27(14-19-7-6-8-20(24)13-19)22(28)15-26(5)32(30,31)21-11-9-17(3)10-12-21/h6-13,16,18H,14-15H2,1-5H3,(H,25,29)/t18-/m1/s1. The summed E-state index contributed by atoms with van der Waals surface area (Å²) in [6.07, 6.45) is 0. The lowest BCUT2D eigenvalue weighted by Gasteiger charge is -2.30. The zero-order chi connectivity index (χ0) is 24.1. The average Bonchev–Trinajstić information content (AvgIpc) is 2.71. The Balaban J connectivity index is 2.27. The number of benzene rings is 2. The molecule has 2 amide bonds. The molecule has 7 nitrogen and oxygen atoms in total. The molecule has 0 aliphatic rings. The molecule has 0 radical (unpaired) electrons. The van der Waals surface area contributed by atoms with Crippen LogP contribution in [0.5, 0.6) is 0 Å². The van der Waals surface area contributed by atoms with E-state index in [0.717, 1.165) is 19.9 Å². The highest BCUT2D eigenvalue weighted by molar-refractivity contribution is 9.10. The van der Waals surface area contributed by atoms with E-state index in [2.05, 4.69) is 21.2 Å². The number of carbonyl (C=O) groups excluding carboxylic acids is 2. The van der Waals surface area contributed by atoms with Crippen molar-refractivity contribution in [2.75, 3.05) is 13.6 Å². The molecule has 0 fully saturated rings. The highest BCUT2D eigenvalue weighted by atomic mass is 79.9. The smallest absolute Gasteiger partial charge is 0.243 e. The van der Waals surface area contributed by atoms with Crippen LogP contribution < -0.4 is 5.32 Å². The van der Waals surface area contributed by atoms with E-state index in [4.69, 9.17) is 0 Å². The molecule has 0 unspecified atom stereocenters. The van der Waals surface area contributed by atoms with Crippen molar-refractivity contribution in [3.8, 4) is 0 Å². The van der Waals surface area contributed by atoms with Crippen LogP contribution in [0.1, 0.15) is 31.9 Å². The lowest BCUT2D eigenvalue weighted by atomic mass is 10.1. The van der Waals surface area contributed by atoms with Crippen molar-refractivity contribution >= 4 is 37.8 Å². The second kappa shape index (κ2) is 11.1. The number of amides is 2. The zero-order valence-corrected chi connectivity index (χ0v) is 21.4. The Morgan fingerprint density at radius 2 is 1.69 bits per heavy atom. The van der Waals surface area contributed by atoms with Gasteiger partial charge in [0, 0.05) is 24.1 Å². The fourth-order valence-corrected chi connectivity index (χ4v) is 4.64. The van der Waals surface area contributed by atoms with Gasteiger partial charge in [0.15, 0.2) is 0 Å². The van der Waals surface area contributed by atoms with Crippen LogP contribution in [-0.2, 0) is 26.2 Å². The summed E-state index contributed by atoms with van der Waals surface area (Å²) in [5.41, 5.74) is 1.76. The molecule has 2 aromatic carbocycles. The van der Waals surface area contributed by atoms with Crippen LogP contribution in [0.4, 0.5) is 0 Å². The van der Waals surface area contributed by atoms with Crippen molar-refractivity contribution in [1.29, 1.82) is 0 Å². The monoisotopic (exact) mass is 523 g/mol. The second-order valence-electron chi connectivity index (χ2n) is 8.06. The minimum Gasteiger partial charge on any atom is -0.352 e. The molecular formula is C23H30BrN3O4S. The van der Waals surface area contributed by atoms with Crippen molar-refractivity contribution in [3.63, 3.8) is 0 Å². The molecule has 32 heavy (non-hydrogen) atoms. The SMILES string of the molecule is Cc1ccc(S(=O)(=O)N(C)CC(=O)N(Cc2cccc(Br)c2)[C@H](C)C(=O)NC(C)C)cc1. The number of nitrogens with one attached hydrogen (secondary N) is 1. The first-order valence-electron chi connectivity index (χ1n) is 10.3. The third-order valence-electron chi connectivity index (χ3n) is 4.93. The van der Waals surface area contributed by atoms with E-state index in [0.29, 0.717) is 0 Å². The molecule has 174 valence electrons. The van der Waals surface area contributed by atoms with Crippen LogP contribution in [-0.4, -0.2) is 55.1 Å². The molecule has 0 saturated carbocycles. The van der Waals surface area contributed by atoms with E-state index in [-0.39, 0.29) is 29.9 Å². The molecule has 2 aromatic rings. The van der Waals surface area contributed by atoms with Gasteiger partial charge in [0.05, 0.1) is 11.4 Å². The van der Waals surface area contributed by atoms with E-state index in [1.54, 1.807) is 19.1 Å². The van der Waals surface area contributed by atoms with E-state index >= 15 is 0 Å². The molecule has 0 bridgehead atoms. The molecule has 9 heteroatoms. The van der Waals surface area contributed by atoms with Gasteiger partial charge in [-0.3, -0.25) is 9.59 Å². The topological polar surface area (TPSA) is 86.8 Å². The summed E-state index contributed by atoms with van der Waals surface area (Å²) in [6.45, 7) is 6.97. The minimum atomic E-state index is -3.85. The quantitative estimate of drug-likeness (QED) is 0.546. The van der Waals surface area contributed by atoms with Crippen LogP contribution in [0.3, 0.4) is 0 Å². The number of hydrogen-bond donors (Lipinski definition) is 1. The van der Waals surface area contributed by atoms with Gasteiger partial charge >= 0.3 is 0 Å².